The number of hydrogen-bond acceptors (Lipinski definition) is 5. The average Bonchev–Trinajstić information content (AvgIpc) is 3.57. The van der Waals surface area contributed by atoms with Crippen molar-refractivity contribution in [2.45, 2.75) is 80.3 Å². The van der Waals surface area contributed by atoms with Gasteiger partial charge >= 0.3 is 0 Å². The van der Waals surface area contributed by atoms with Crippen LogP contribution in [-0.4, -0.2) is 62.1 Å². The largest absolute Gasteiger partial charge is 0.335 e. The minimum Gasteiger partial charge on any atom is -0.335 e. The first kappa shape index (κ1) is 37.3. The number of hydrogen-bond donors (Lipinski definition) is 2. The Balaban J connectivity index is 0.000000913. The lowest BCUT2D eigenvalue weighted by atomic mass is 10.0. The summed E-state index contributed by atoms with van der Waals surface area (Å²) in [5, 5.41) is 0. The van der Waals surface area contributed by atoms with Gasteiger partial charge in [-0.1, -0.05) is 90.1 Å². The molecule has 4 rings (SSSR count). The molecular weight excluding hydrogens is 598 g/mol. The molecule has 0 unspecified atom stereocenters. The maximum atomic E-state index is 14.9. The van der Waals surface area contributed by atoms with E-state index in [0.717, 1.165) is 36.8 Å². The summed E-state index contributed by atoms with van der Waals surface area (Å²) in [6, 6.07) is 15.0. The summed E-state index contributed by atoms with van der Waals surface area (Å²) in [5.41, 5.74) is 3.75. The number of benzene rings is 2. The zero-order valence-electron chi connectivity index (χ0n) is 28.9. The van der Waals surface area contributed by atoms with Gasteiger partial charge in [0.25, 0.3) is 0 Å². The first-order valence-electron chi connectivity index (χ1n) is 16.5. The van der Waals surface area contributed by atoms with Gasteiger partial charge in [-0.3, -0.25) is 9.69 Å². The molecule has 0 aliphatic rings. The molecule has 8 nitrogen and oxygen atoms in total. The van der Waals surface area contributed by atoms with E-state index in [1.54, 1.807) is 4.90 Å². The molecule has 0 spiro atoms. The highest BCUT2D eigenvalue weighted by Gasteiger charge is 2.19. The Morgan fingerprint density at radius 1 is 0.745 bits per heavy atom. The fraction of sp³-hybridized carbons (Fsp3) is 0.459. The average molecular weight is 649 g/mol. The molecule has 0 fully saturated rings. The van der Waals surface area contributed by atoms with Crippen LogP contribution in [0.2, 0.25) is 0 Å². The number of aromatic amines is 2. The van der Waals surface area contributed by atoms with E-state index in [0.29, 0.717) is 60.3 Å². The summed E-state index contributed by atoms with van der Waals surface area (Å²) in [6.07, 6.45) is 3.93. The number of rotatable bonds is 15. The number of aldehydes is 1. The number of H-pyrrole nitrogens is 2. The third kappa shape index (κ3) is 11.2. The molecule has 0 saturated heterocycles. The highest BCUT2D eigenvalue weighted by molar-refractivity contribution is 5.76. The molecule has 10 heteroatoms. The van der Waals surface area contributed by atoms with E-state index in [-0.39, 0.29) is 24.1 Å². The van der Waals surface area contributed by atoms with Crippen LogP contribution in [0.25, 0.3) is 33.6 Å². The molecule has 0 radical (unpaired) electrons. The van der Waals surface area contributed by atoms with Crippen LogP contribution in [0.3, 0.4) is 0 Å². The molecule has 47 heavy (non-hydrogen) atoms. The highest BCUT2D eigenvalue weighted by Crippen LogP contribution is 2.28. The predicted octanol–water partition coefficient (Wildman–Crippen LogP) is 8.27. The van der Waals surface area contributed by atoms with Crippen LogP contribution in [0.4, 0.5) is 8.78 Å². The van der Waals surface area contributed by atoms with E-state index in [2.05, 4.69) is 31.8 Å². The standard InChI is InChI=1S/C32H40F2N6O.C5H10O/c1-6-16-39(5)19-26-35-29(31(33)37-26)24-12-8-22(9-13-24)23-10-14-25(15-11-23)30-32(34)38-27(36-30)20-40(17-7-2)28(41)18-21(3)4;1-5(2)3-4-6/h8-15,21H,6-7,16-20H2,1-5H3,(H,35,37)(H,36,38);4-5H,3H2,1-2H3. The fourth-order valence-electron chi connectivity index (χ4n) is 5.10. The van der Waals surface area contributed by atoms with Crippen molar-refractivity contribution in [1.29, 1.82) is 0 Å². The second-order valence-electron chi connectivity index (χ2n) is 12.8. The summed E-state index contributed by atoms with van der Waals surface area (Å²) in [7, 11) is 1.99. The molecule has 0 aliphatic carbocycles. The van der Waals surface area contributed by atoms with Crippen LogP contribution in [0.5, 0.6) is 0 Å². The van der Waals surface area contributed by atoms with Gasteiger partial charge < -0.3 is 19.7 Å². The van der Waals surface area contributed by atoms with Gasteiger partial charge in [0.05, 0.1) is 13.1 Å². The monoisotopic (exact) mass is 648 g/mol. The first-order chi connectivity index (χ1) is 22.4. The van der Waals surface area contributed by atoms with Crippen molar-refractivity contribution >= 4 is 12.2 Å². The number of nitrogens with zero attached hydrogens (tertiary/aromatic N) is 4. The molecule has 254 valence electrons. The van der Waals surface area contributed by atoms with Crippen molar-refractivity contribution < 1.29 is 18.4 Å². The molecule has 0 aliphatic heterocycles. The fourth-order valence-corrected chi connectivity index (χ4v) is 5.10. The Morgan fingerprint density at radius 3 is 1.57 bits per heavy atom. The number of nitrogens with one attached hydrogen (secondary N) is 2. The van der Waals surface area contributed by atoms with Crippen LogP contribution in [0.1, 0.15) is 78.9 Å². The summed E-state index contributed by atoms with van der Waals surface area (Å²) in [5.74, 6) is 0.891. The Labute approximate surface area is 278 Å². The number of aromatic nitrogens is 4. The number of amides is 1. The predicted molar refractivity (Wildman–Crippen MR) is 184 cm³/mol. The van der Waals surface area contributed by atoms with E-state index in [9.17, 15) is 18.4 Å². The van der Waals surface area contributed by atoms with Crippen LogP contribution in [-0.2, 0) is 22.7 Å². The highest BCUT2D eigenvalue weighted by atomic mass is 19.1. The normalized spacial score (nSPS) is 11.2. The van der Waals surface area contributed by atoms with E-state index in [4.69, 9.17) is 0 Å². The van der Waals surface area contributed by atoms with Gasteiger partial charge in [0.2, 0.25) is 17.8 Å². The van der Waals surface area contributed by atoms with Crippen molar-refractivity contribution in [3.8, 4) is 33.6 Å². The molecule has 2 heterocycles. The van der Waals surface area contributed by atoms with E-state index >= 15 is 0 Å². The van der Waals surface area contributed by atoms with Gasteiger partial charge in [0.15, 0.2) is 0 Å². The van der Waals surface area contributed by atoms with Crippen LogP contribution in [0, 0.1) is 23.7 Å². The van der Waals surface area contributed by atoms with Gasteiger partial charge in [-0.2, -0.15) is 8.78 Å². The van der Waals surface area contributed by atoms with Crippen molar-refractivity contribution in [2.75, 3.05) is 20.1 Å². The van der Waals surface area contributed by atoms with Gasteiger partial charge in [-0.05, 0) is 49.4 Å². The lowest BCUT2D eigenvalue weighted by Crippen LogP contribution is -2.32. The van der Waals surface area contributed by atoms with Crippen LogP contribution >= 0.6 is 0 Å². The zero-order valence-corrected chi connectivity index (χ0v) is 28.9. The summed E-state index contributed by atoms with van der Waals surface area (Å²) in [6.45, 7) is 14.5. The number of carbonyl (C=O) groups excluding carboxylic acids is 2. The van der Waals surface area contributed by atoms with Crippen LogP contribution < -0.4 is 0 Å². The number of imidazole rings is 2. The molecule has 4 aromatic rings. The second-order valence-corrected chi connectivity index (χ2v) is 12.8. The Morgan fingerprint density at radius 2 is 1.19 bits per heavy atom. The second kappa shape index (κ2) is 18.2. The van der Waals surface area contributed by atoms with Crippen molar-refractivity contribution in [3.05, 3.63) is 72.1 Å². The summed E-state index contributed by atoms with van der Waals surface area (Å²) >= 11 is 0. The van der Waals surface area contributed by atoms with Gasteiger partial charge in [-0.25, -0.2) is 9.97 Å². The molecule has 0 bridgehead atoms. The van der Waals surface area contributed by atoms with E-state index in [1.807, 2.05) is 90.2 Å². The lowest BCUT2D eigenvalue weighted by molar-refractivity contribution is -0.132. The Kier molecular flexibility index (Phi) is 14.5. The Bertz CT molecular complexity index is 1540. The minimum atomic E-state index is -0.522. The molecule has 2 N–H and O–H groups in total. The third-order valence-corrected chi connectivity index (χ3v) is 7.43. The van der Waals surface area contributed by atoms with Crippen molar-refractivity contribution in [2.24, 2.45) is 11.8 Å². The molecule has 2 aromatic carbocycles. The molecule has 0 saturated carbocycles. The Hall–Kier alpha value is -4.18. The molecule has 2 aromatic heterocycles. The molecule has 0 atom stereocenters. The summed E-state index contributed by atoms with van der Waals surface area (Å²) < 4.78 is 29.4. The summed E-state index contributed by atoms with van der Waals surface area (Å²) in [4.78, 5) is 40.5. The van der Waals surface area contributed by atoms with Gasteiger partial charge in [-0.15, -0.1) is 0 Å². The van der Waals surface area contributed by atoms with E-state index in [1.165, 1.54) is 0 Å². The maximum absolute atomic E-state index is 14.9. The zero-order chi connectivity index (χ0) is 34.5. The van der Waals surface area contributed by atoms with Gasteiger partial charge in [0, 0.05) is 30.5 Å². The SMILES string of the molecule is CC(C)CC=O.CCCN(C)Cc1nc(-c2ccc(-c3ccc(-c4nc(CN(CCC)C(=O)CC(C)C)[nH]c4F)cc3)cc2)c(F)[nH]1. The minimum absolute atomic E-state index is 0.0469. The van der Waals surface area contributed by atoms with Gasteiger partial charge in [0.1, 0.15) is 29.3 Å². The number of halogens is 2. The quantitative estimate of drug-likeness (QED) is 0.127. The molecule has 1 amide bonds. The van der Waals surface area contributed by atoms with E-state index < -0.39 is 11.9 Å². The third-order valence-electron chi connectivity index (χ3n) is 7.43. The van der Waals surface area contributed by atoms with Crippen molar-refractivity contribution in [1.82, 2.24) is 29.7 Å². The van der Waals surface area contributed by atoms with Crippen LogP contribution in [0.15, 0.2) is 48.5 Å². The first-order valence-corrected chi connectivity index (χ1v) is 16.5. The maximum Gasteiger partial charge on any atom is 0.223 e. The number of carbonyl (C=O) groups is 2. The lowest BCUT2D eigenvalue weighted by Gasteiger charge is -2.22. The van der Waals surface area contributed by atoms with Crippen molar-refractivity contribution in [3.63, 3.8) is 0 Å². The topological polar surface area (TPSA) is 98.0 Å². The molecular formula is C37H50F2N6O2. The smallest absolute Gasteiger partial charge is 0.223 e.